The second-order valence-electron chi connectivity index (χ2n) is 6.34. The van der Waals surface area contributed by atoms with Gasteiger partial charge in [0, 0.05) is 0 Å². The van der Waals surface area contributed by atoms with E-state index in [1.165, 1.54) is 6.42 Å². The molecule has 9 atom stereocenters. The van der Waals surface area contributed by atoms with Crippen molar-refractivity contribution in [3.63, 3.8) is 0 Å². The summed E-state index contributed by atoms with van der Waals surface area (Å²) in [6.07, 6.45) is 4.39. The molecule has 8 unspecified atom stereocenters. The Hall–Kier alpha value is -0.0400. The Morgan fingerprint density at radius 1 is 0.692 bits per heavy atom. The summed E-state index contributed by atoms with van der Waals surface area (Å²) in [6, 6.07) is 0. The van der Waals surface area contributed by atoms with E-state index in [0.29, 0.717) is 0 Å². The summed E-state index contributed by atoms with van der Waals surface area (Å²) in [6.45, 7) is 0. The zero-order valence-electron chi connectivity index (χ0n) is 7.76. The lowest BCUT2D eigenvalue weighted by Crippen LogP contribution is -2.38. The summed E-state index contributed by atoms with van der Waals surface area (Å²) in [5, 5.41) is 10.00. The highest BCUT2D eigenvalue weighted by Crippen LogP contribution is 2.80. The molecule has 5 fully saturated rings. The van der Waals surface area contributed by atoms with Crippen LogP contribution in [0.4, 0.5) is 0 Å². The lowest BCUT2D eigenvalue weighted by atomic mass is 9.63. The molecule has 5 aliphatic carbocycles. The van der Waals surface area contributed by atoms with E-state index < -0.39 is 0 Å². The fourth-order valence-corrected chi connectivity index (χ4v) is 6.79. The third-order valence-electron chi connectivity index (χ3n) is 6.51. The van der Waals surface area contributed by atoms with Crippen molar-refractivity contribution in [2.24, 2.45) is 47.3 Å². The average molecular weight is 176 g/mol. The van der Waals surface area contributed by atoms with Crippen LogP contribution in [-0.2, 0) is 0 Å². The minimum Gasteiger partial charge on any atom is -0.393 e. The first-order chi connectivity index (χ1) is 6.36. The van der Waals surface area contributed by atoms with Crippen LogP contribution in [0.3, 0.4) is 0 Å². The highest BCUT2D eigenvalue weighted by atomic mass is 16.3. The summed E-state index contributed by atoms with van der Waals surface area (Å²) in [5.74, 6) is 8.11. The summed E-state index contributed by atoms with van der Waals surface area (Å²) >= 11 is 0. The Balaban J connectivity index is 1.78. The van der Waals surface area contributed by atoms with Gasteiger partial charge >= 0.3 is 0 Å². The van der Waals surface area contributed by atoms with Crippen molar-refractivity contribution in [1.29, 1.82) is 0 Å². The Bertz CT molecular complexity index is 295. The molecule has 0 radical (unpaired) electrons. The number of hydrogen-bond donors (Lipinski definition) is 1. The number of aliphatic hydroxyl groups excluding tert-OH is 1. The lowest BCUT2D eigenvalue weighted by Gasteiger charge is -2.42. The summed E-state index contributed by atoms with van der Waals surface area (Å²) in [7, 11) is 0. The molecule has 0 aromatic heterocycles. The Labute approximate surface area is 78.5 Å². The standard InChI is InChI=1S/C12H16O/c13-8-3-7-9-4-1-5-6(2-4)11(9)12(8)10(5)7/h4-13H,1-3H2/t4?,5?,6?,7?,8-,9?,10?,11?,12?/m0/s1. The van der Waals surface area contributed by atoms with Crippen LogP contribution in [0.1, 0.15) is 19.3 Å². The minimum absolute atomic E-state index is 0.112. The van der Waals surface area contributed by atoms with Gasteiger partial charge in [-0.05, 0) is 66.6 Å². The SMILES string of the molecule is O[C@H]1CC2C3C4CC5C(C4)C3C1C52. The monoisotopic (exact) mass is 176 g/mol. The molecular formula is C12H16O. The highest BCUT2D eigenvalue weighted by Gasteiger charge is 2.76. The van der Waals surface area contributed by atoms with E-state index in [1.54, 1.807) is 12.8 Å². The van der Waals surface area contributed by atoms with Gasteiger partial charge in [-0.1, -0.05) is 0 Å². The van der Waals surface area contributed by atoms with Gasteiger partial charge in [0.2, 0.25) is 0 Å². The minimum atomic E-state index is 0.112. The van der Waals surface area contributed by atoms with Crippen LogP contribution in [0, 0.1) is 47.3 Å². The van der Waals surface area contributed by atoms with Crippen LogP contribution >= 0.6 is 0 Å². The second kappa shape index (κ2) is 1.60. The molecule has 0 aromatic rings. The van der Waals surface area contributed by atoms with Crippen molar-refractivity contribution in [3.05, 3.63) is 0 Å². The molecule has 70 valence electrons. The number of aliphatic hydroxyl groups is 1. The molecule has 1 heteroatoms. The predicted molar refractivity (Wildman–Crippen MR) is 47.8 cm³/mol. The smallest absolute Gasteiger partial charge is 0.0577 e. The average Bonchev–Trinajstić information content (AvgIpc) is 2.71. The van der Waals surface area contributed by atoms with E-state index in [1.807, 2.05) is 0 Å². The van der Waals surface area contributed by atoms with E-state index in [-0.39, 0.29) is 6.10 Å². The molecule has 0 heterocycles. The number of rotatable bonds is 0. The van der Waals surface area contributed by atoms with Crippen LogP contribution in [-0.4, -0.2) is 11.2 Å². The van der Waals surface area contributed by atoms with Gasteiger partial charge < -0.3 is 5.11 Å². The molecule has 0 amide bonds. The molecule has 0 spiro atoms. The van der Waals surface area contributed by atoms with E-state index in [0.717, 1.165) is 47.3 Å². The summed E-state index contributed by atoms with van der Waals surface area (Å²) < 4.78 is 0. The Morgan fingerprint density at radius 3 is 2.31 bits per heavy atom. The van der Waals surface area contributed by atoms with Gasteiger partial charge in [0.15, 0.2) is 0 Å². The first-order valence-corrected chi connectivity index (χ1v) is 6.04. The lowest BCUT2D eigenvalue weighted by molar-refractivity contribution is 0.0208. The topological polar surface area (TPSA) is 20.2 Å². The van der Waals surface area contributed by atoms with Gasteiger partial charge in [0.05, 0.1) is 6.10 Å². The summed E-state index contributed by atoms with van der Waals surface area (Å²) in [5.41, 5.74) is 0. The van der Waals surface area contributed by atoms with Gasteiger partial charge in [-0.25, -0.2) is 0 Å². The first kappa shape index (κ1) is 6.44. The third kappa shape index (κ3) is 0.439. The molecule has 13 heavy (non-hydrogen) atoms. The molecule has 5 rings (SSSR count). The van der Waals surface area contributed by atoms with E-state index in [2.05, 4.69) is 0 Å². The zero-order chi connectivity index (χ0) is 8.32. The Morgan fingerprint density at radius 2 is 1.46 bits per heavy atom. The molecule has 0 aromatic carbocycles. The number of fused-ring (bicyclic) bond motifs is 3. The molecule has 1 nitrogen and oxygen atoms in total. The fourth-order valence-electron chi connectivity index (χ4n) is 6.79. The van der Waals surface area contributed by atoms with Crippen molar-refractivity contribution in [2.75, 3.05) is 0 Å². The second-order valence-corrected chi connectivity index (χ2v) is 6.34. The first-order valence-electron chi connectivity index (χ1n) is 6.04. The molecule has 6 bridgehead atoms. The van der Waals surface area contributed by atoms with Crippen LogP contribution in [0.15, 0.2) is 0 Å². The van der Waals surface area contributed by atoms with E-state index in [9.17, 15) is 5.11 Å². The molecule has 0 aliphatic heterocycles. The van der Waals surface area contributed by atoms with Gasteiger partial charge in [-0.3, -0.25) is 0 Å². The normalized spacial score (nSPS) is 80.5. The quantitative estimate of drug-likeness (QED) is 0.593. The van der Waals surface area contributed by atoms with Crippen LogP contribution in [0.5, 0.6) is 0 Å². The van der Waals surface area contributed by atoms with Crippen molar-refractivity contribution in [2.45, 2.75) is 25.4 Å². The zero-order valence-corrected chi connectivity index (χ0v) is 7.76. The highest BCUT2D eigenvalue weighted by molar-refractivity contribution is 5.24. The third-order valence-corrected chi connectivity index (χ3v) is 6.51. The van der Waals surface area contributed by atoms with Crippen molar-refractivity contribution < 1.29 is 5.11 Å². The van der Waals surface area contributed by atoms with Gasteiger partial charge in [-0.15, -0.1) is 0 Å². The predicted octanol–water partition coefficient (Wildman–Crippen LogP) is 1.52. The van der Waals surface area contributed by atoms with E-state index in [4.69, 9.17) is 0 Å². The van der Waals surface area contributed by atoms with Crippen molar-refractivity contribution in [3.8, 4) is 0 Å². The van der Waals surface area contributed by atoms with Gasteiger partial charge in [0.1, 0.15) is 0 Å². The van der Waals surface area contributed by atoms with Crippen LogP contribution in [0.25, 0.3) is 0 Å². The van der Waals surface area contributed by atoms with Gasteiger partial charge in [0.25, 0.3) is 0 Å². The molecule has 5 aliphatic rings. The maximum absolute atomic E-state index is 10.00. The Kier molecular flexibility index (Phi) is 0.793. The molecule has 1 N–H and O–H groups in total. The van der Waals surface area contributed by atoms with Crippen LogP contribution in [0.2, 0.25) is 0 Å². The summed E-state index contributed by atoms with van der Waals surface area (Å²) in [4.78, 5) is 0. The van der Waals surface area contributed by atoms with Crippen molar-refractivity contribution >= 4 is 0 Å². The number of hydrogen-bond acceptors (Lipinski definition) is 1. The van der Waals surface area contributed by atoms with E-state index >= 15 is 0 Å². The molecule has 0 saturated heterocycles. The molecule has 5 saturated carbocycles. The molecular weight excluding hydrogens is 160 g/mol. The largest absolute Gasteiger partial charge is 0.393 e. The maximum atomic E-state index is 10.00. The maximum Gasteiger partial charge on any atom is 0.0577 e. The van der Waals surface area contributed by atoms with Crippen molar-refractivity contribution in [1.82, 2.24) is 0 Å². The fraction of sp³-hybridized carbons (Fsp3) is 1.00. The van der Waals surface area contributed by atoms with Crippen LogP contribution < -0.4 is 0 Å². The van der Waals surface area contributed by atoms with Gasteiger partial charge in [-0.2, -0.15) is 0 Å².